The second-order valence-electron chi connectivity index (χ2n) is 10.3. The number of nitriles is 1. The summed E-state index contributed by atoms with van der Waals surface area (Å²) in [6.07, 6.45) is 2.55. The van der Waals surface area contributed by atoms with Crippen molar-refractivity contribution in [3.63, 3.8) is 0 Å². The summed E-state index contributed by atoms with van der Waals surface area (Å²) in [6.45, 7) is 3.76. The molecule has 6 rings (SSSR count). The number of fused-ring (bicyclic) bond motifs is 1. The Balaban J connectivity index is 1.43. The van der Waals surface area contributed by atoms with E-state index in [4.69, 9.17) is 0 Å². The zero-order valence-corrected chi connectivity index (χ0v) is 22.5. The summed E-state index contributed by atoms with van der Waals surface area (Å²) in [4.78, 5) is 4.74. The second kappa shape index (κ2) is 9.48. The van der Waals surface area contributed by atoms with Gasteiger partial charge in [0.05, 0.1) is 22.2 Å². The highest BCUT2D eigenvalue weighted by atomic mass is 32.2. The number of sulfonamides is 1. The molecule has 38 heavy (non-hydrogen) atoms. The third kappa shape index (κ3) is 4.55. The van der Waals surface area contributed by atoms with E-state index in [-0.39, 0.29) is 9.90 Å². The van der Waals surface area contributed by atoms with Crippen molar-refractivity contribution in [2.45, 2.75) is 61.4 Å². The average molecular weight is 563 g/mol. The molecule has 14 heteroatoms. The Labute approximate surface area is 223 Å². The second-order valence-corrected chi connectivity index (χ2v) is 13.0. The van der Waals surface area contributed by atoms with Crippen LogP contribution in [0.3, 0.4) is 0 Å². The molecule has 0 atom stereocenters. The molecular formula is C24H28F2N8O2S2. The van der Waals surface area contributed by atoms with E-state index in [9.17, 15) is 22.5 Å². The van der Waals surface area contributed by atoms with Gasteiger partial charge in [0.1, 0.15) is 11.2 Å². The minimum atomic E-state index is -4.04. The number of aryl methyl sites for hydroxylation is 1. The molecule has 1 aromatic carbocycles. The molecule has 2 saturated heterocycles. The third-order valence-corrected chi connectivity index (χ3v) is 10.2. The minimum Gasteiger partial charge on any atom is -0.370 e. The fourth-order valence-corrected chi connectivity index (χ4v) is 7.72. The maximum atomic E-state index is 13.5. The Hall–Kier alpha value is -2.73. The number of hydrogen-bond acceptors (Lipinski definition) is 9. The summed E-state index contributed by atoms with van der Waals surface area (Å²) in [7, 11) is -2.29. The highest BCUT2D eigenvalue weighted by molar-refractivity contribution is 7.89. The molecule has 0 spiro atoms. The Kier molecular flexibility index (Phi) is 6.37. The standard InChI is InChI=1S/C24H28F2N8O2S2/c1-32-20-17(19(30-32)22-28-29-23(37-22)21(25)26)12-16(38(35,36)31-24(14-27)6-7-24)13-18(20)34-10-4-15(5-11-34)33-8-2-3-9-33/h12-13,15,21,31H,2-11H2,1H3. The van der Waals surface area contributed by atoms with Crippen LogP contribution < -0.4 is 9.62 Å². The summed E-state index contributed by atoms with van der Waals surface area (Å²) >= 11 is 0.740. The van der Waals surface area contributed by atoms with Crippen LogP contribution in [-0.2, 0) is 17.1 Å². The molecule has 0 bridgehead atoms. The zero-order valence-electron chi connectivity index (χ0n) is 20.9. The van der Waals surface area contributed by atoms with Crippen molar-refractivity contribution >= 4 is 38.0 Å². The highest BCUT2D eigenvalue weighted by Gasteiger charge is 2.47. The van der Waals surface area contributed by atoms with E-state index in [2.05, 4.69) is 35.9 Å². The van der Waals surface area contributed by atoms with Crippen molar-refractivity contribution in [2.75, 3.05) is 31.1 Å². The molecular weight excluding hydrogens is 534 g/mol. The molecule has 2 aromatic heterocycles. The molecule has 3 aromatic rings. The molecule has 2 aliphatic heterocycles. The lowest BCUT2D eigenvalue weighted by atomic mass is 10.0. The van der Waals surface area contributed by atoms with Crippen LogP contribution in [0, 0.1) is 11.3 Å². The largest absolute Gasteiger partial charge is 0.370 e. The fourth-order valence-electron chi connectivity index (χ4n) is 5.60. The van der Waals surface area contributed by atoms with Gasteiger partial charge in [0.15, 0.2) is 10.0 Å². The van der Waals surface area contributed by atoms with E-state index in [1.54, 1.807) is 17.8 Å². The van der Waals surface area contributed by atoms with Crippen molar-refractivity contribution < 1.29 is 17.2 Å². The van der Waals surface area contributed by atoms with Gasteiger partial charge in [-0.3, -0.25) is 4.68 Å². The van der Waals surface area contributed by atoms with Crippen molar-refractivity contribution in [3.8, 4) is 16.8 Å². The third-order valence-electron chi connectivity index (χ3n) is 7.79. The van der Waals surface area contributed by atoms with Crippen molar-refractivity contribution in [3.05, 3.63) is 17.1 Å². The lowest BCUT2D eigenvalue weighted by molar-refractivity contribution is 0.150. The molecule has 0 unspecified atom stereocenters. The highest BCUT2D eigenvalue weighted by Crippen LogP contribution is 2.41. The predicted molar refractivity (Wildman–Crippen MR) is 139 cm³/mol. The van der Waals surface area contributed by atoms with E-state index in [1.807, 2.05) is 0 Å². The predicted octanol–water partition coefficient (Wildman–Crippen LogP) is 3.43. The Morgan fingerprint density at radius 3 is 2.47 bits per heavy atom. The van der Waals surface area contributed by atoms with Gasteiger partial charge in [0.25, 0.3) is 6.43 Å². The van der Waals surface area contributed by atoms with Gasteiger partial charge in [-0.15, -0.1) is 10.2 Å². The van der Waals surface area contributed by atoms with Crippen LogP contribution in [-0.4, -0.2) is 71.1 Å². The lowest BCUT2D eigenvalue weighted by Gasteiger charge is -2.38. The fraction of sp³-hybridized carbons (Fsp3) is 0.583. The molecule has 0 radical (unpaired) electrons. The first-order valence-corrected chi connectivity index (χ1v) is 15.1. The first-order valence-electron chi connectivity index (χ1n) is 12.8. The van der Waals surface area contributed by atoms with Crippen LogP contribution in [0.1, 0.15) is 50.0 Å². The molecule has 4 heterocycles. The van der Waals surface area contributed by atoms with E-state index in [1.165, 1.54) is 18.9 Å². The molecule has 1 saturated carbocycles. The van der Waals surface area contributed by atoms with Crippen LogP contribution in [0.4, 0.5) is 14.5 Å². The number of halogens is 2. The first kappa shape index (κ1) is 25.5. The Morgan fingerprint density at radius 2 is 1.87 bits per heavy atom. The average Bonchev–Trinajstić information content (AvgIpc) is 3.31. The molecule has 10 nitrogen and oxygen atoms in total. The van der Waals surface area contributed by atoms with Crippen molar-refractivity contribution in [1.82, 2.24) is 29.6 Å². The number of rotatable bonds is 7. The van der Waals surface area contributed by atoms with Crippen LogP contribution in [0.5, 0.6) is 0 Å². The number of benzene rings is 1. The van der Waals surface area contributed by atoms with Crippen molar-refractivity contribution in [2.24, 2.45) is 7.05 Å². The monoisotopic (exact) mass is 562 g/mol. The maximum absolute atomic E-state index is 13.5. The maximum Gasteiger partial charge on any atom is 0.291 e. The van der Waals surface area contributed by atoms with Crippen LogP contribution >= 0.6 is 11.3 Å². The molecule has 202 valence electrons. The van der Waals surface area contributed by atoms with Gasteiger partial charge in [0.2, 0.25) is 10.0 Å². The summed E-state index contributed by atoms with van der Waals surface area (Å²) in [6, 6.07) is 5.72. The van der Waals surface area contributed by atoms with Crippen LogP contribution in [0.25, 0.3) is 21.6 Å². The quantitative estimate of drug-likeness (QED) is 0.465. The number of aromatic nitrogens is 4. The van der Waals surface area contributed by atoms with Crippen molar-refractivity contribution in [1.29, 1.82) is 5.26 Å². The smallest absolute Gasteiger partial charge is 0.291 e. The Bertz CT molecular complexity index is 1510. The van der Waals surface area contributed by atoms with Gasteiger partial charge in [0, 0.05) is 31.6 Å². The van der Waals surface area contributed by atoms with Gasteiger partial charge in [-0.25, -0.2) is 17.2 Å². The number of nitrogens with one attached hydrogen (secondary N) is 1. The van der Waals surface area contributed by atoms with Gasteiger partial charge >= 0.3 is 0 Å². The number of piperidine rings is 1. The molecule has 0 amide bonds. The topological polar surface area (TPSA) is 120 Å². The summed E-state index contributed by atoms with van der Waals surface area (Å²) in [5.41, 5.74) is 0.641. The minimum absolute atomic E-state index is 0.0102. The van der Waals surface area contributed by atoms with E-state index in [0.29, 0.717) is 41.2 Å². The molecule has 1 N–H and O–H groups in total. The van der Waals surface area contributed by atoms with Crippen LogP contribution in [0.2, 0.25) is 0 Å². The lowest BCUT2D eigenvalue weighted by Crippen LogP contribution is -2.44. The number of nitrogens with zero attached hydrogens (tertiary/aromatic N) is 7. The molecule has 3 aliphatic rings. The normalized spacial score (nSPS) is 20.4. The number of alkyl halides is 2. The van der Waals surface area contributed by atoms with Crippen LogP contribution in [0.15, 0.2) is 17.0 Å². The van der Waals surface area contributed by atoms with Gasteiger partial charge < -0.3 is 9.80 Å². The number of hydrogen-bond donors (Lipinski definition) is 1. The molecule has 1 aliphatic carbocycles. The zero-order chi connectivity index (χ0) is 26.7. The van der Waals surface area contributed by atoms with E-state index >= 15 is 0 Å². The SMILES string of the molecule is Cn1nc(-c2nnc(C(F)F)s2)c2cc(S(=O)(=O)NC3(C#N)CC3)cc(N3CCC(N4CCCC4)CC3)c21. The summed E-state index contributed by atoms with van der Waals surface area (Å²) < 4.78 is 57.6. The summed E-state index contributed by atoms with van der Waals surface area (Å²) in [5, 5.41) is 21.8. The van der Waals surface area contributed by atoms with Gasteiger partial charge in [-0.1, -0.05) is 11.3 Å². The van der Waals surface area contributed by atoms with E-state index < -0.39 is 27.0 Å². The van der Waals surface area contributed by atoms with Gasteiger partial charge in [-0.2, -0.15) is 15.1 Å². The van der Waals surface area contributed by atoms with Gasteiger partial charge in [-0.05, 0) is 63.7 Å². The first-order chi connectivity index (χ1) is 18.2. The number of likely N-dealkylation sites (tertiary alicyclic amines) is 1. The molecule has 3 fully saturated rings. The Morgan fingerprint density at radius 1 is 1.16 bits per heavy atom. The number of anilines is 1. The van der Waals surface area contributed by atoms with E-state index in [0.717, 1.165) is 50.4 Å². The summed E-state index contributed by atoms with van der Waals surface area (Å²) in [5.74, 6) is 0.